The van der Waals surface area contributed by atoms with Crippen LogP contribution in [-0.4, -0.2) is 43.8 Å². The maximum atomic E-state index is 13.0. The van der Waals surface area contributed by atoms with Gasteiger partial charge < -0.3 is 4.42 Å². The summed E-state index contributed by atoms with van der Waals surface area (Å²) < 4.78 is 32.8. The number of nitrogens with zero attached hydrogens (tertiary/aromatic N) is 2. The van der Waals surface area contributed by atoms with Crippen molar-refractivity contribution in [3.8, 4) is 0 Å². The van der Waals surface area contributed by atoms with E-state index in [0.29, 0.717) is 43.3 Å². The van der Waals surface area contributed by atoms with Crippen LogP contribution in [0.2, 0.25) is 10.0 Å². The Morgan fingerprint density at radius 3 is 2.35 bits per heavy atom. The van der Waals surface area contributed by atoms with E-state index in [-0.39, 0.29) is 15.5 Å². The molecule has 1 saturated heterocycles. The van der Waals surface area contributed by atoms with Crippen molar-refractivity contribution in [2.75, 3.05) is 26.2 Å². The third kappa shape index (κ3) is 4.52. The number of halogens is 2. The maximum Gasteiger partial charge on any atom is 0.336 e. The van der Waals surface area contributed by atoms with Gasteiger partial charge in [0, 0.05) is 49.2 Å². The largest absolute Gasteiger partial charge is 0.423 e. The first-order valence-corrected chi connectivity index (χ1v) is 12.1. The Bertz CT molecular complexity index is 1310. The van der Waals surface area contributed by atoms with Gasteiger partial charge in [0.25, 0.3) is 0 Å². The Labute approximate surface area is 191 Å². The summed E-state index contributed by atoms with van der Waals surface area (Å²) >= 11 is 12.1. The monoisotopic (exact) mass is 480 g/mol. The topological polar surface area (TPSA) is 70.8 Å². The van der Waals surface area contributed by atoms with Gasteiger partial charge in [-0.3, -0.25) is 4.90 Å². The lowest BCUT2D eigenvalue weighted by Gasteiger charge is -2.34. The van der Waals surface area contributed by atoms with Gasteiger partial charge >= 0.3 is 5.63 Å². The summed E-state index contributed by atoms with van der Waals surface area (Å²) in [4.78, 5) is 14.2. The summed E-state index contributed by atoms with van der Waals surface area (Å²) in [6.07, 6.45) is 0. The molecule has 0 aliphatic carbocycles. The minimum absolute atomic E-state index is 0.0209. The fourth-order valence-corrected chi connectivity index (χ4v) is 5.96. The smallest absolute Gasteiger partial charge is 0.336 e. The van der Waals surface area contributed by atoms with Gasteiger partial charge in [-0.1, -0.05) is 23.2 Å². The molecule has 2 heterocycles. The SMILES string of the molecule is Cc1cc2oc(=O)cc(CN3CCN(S(=O)(=O)c4cc(Cl)ccc4Cl)CC3)c2cc1C. The molecule has 164 valence electrons. The molecular formula is C22H22Cl2N2O4S. The molecule has 0 amide bonds. The number of aryl methyl sites for hydroxylation is 2. The standard InChI is InChI=1S/C22H22Cl2N2O4S/c1-14-9-18-16(11-22(27)30-20(18)10-15(14)2)13-25-5-7-26(8-6-25)31(28,29)21-12-17(23)3-4-19(21)24/h3-4,9-12H,5-8,13H2,1-2H3. The van der Waals surface area contributed by atoms with Crippen LogP contribution >= 0.6 is 23.2 Å². The van der Waals surface area contributed by atoms with Crippen LogP contribution in [0.5, 0.6) is 0 Å². The Morgan fingerprint density at radius 1 is 0.968 bits per heavy atom. The van der Waals surface area contributed by atoms with Gasteiger partial charge in [0.2, 0.25) is 10.0 Å². The lowest BCUT2D eigenvalue weighted by atomic mass is 10.0. The Morgan fingerprint density at radius 2 is 1.65 bits per heavy atom. The van der Waals surface area contributed by atoms with Crippen molar-refractivity contribution < 1.29 is 12.8 Å². The predicted molar refractivity (Wildman–Crippen MR) is 122 cm³/mol. The van der Waals surface area contributed by atoms with E-state index in [1.54, 1.807) is 6.07 Å². The van der Waals surface area contributed by atoms with Crippen molar-refractivity contribution in [1.29, 1.82) is 0 Å². The number of benzene rings is 2. The third-order valence-corrected chi connectivity index (χ3v) is 8.30. The summed E-state index contributed by atoms with van der Waals surface area (Å²) in [5, 5.41) is 1.38. The fraction of sp³-hybridized carbons (Fsp3) is 0.318. The molecule has 1 aliphatic heterocycles. The van der Waals surface area contributed by atoms with E-state index in [4.69, 9.17) is 27.6 Å². The van der Waals surface area contributed by atoms with Crippen LogP contribution in [-0.2, 0) is 16.6 Å². The van der Waals surface area contributed by atoms with Gasteiger partial charge in [-0.05, 0) is 60.9 Å². The molecule has 0 radical (unpaired) electrons. The first-order valence-electron chi connectivity index (χ1n) is 9.87. The Balaban J connectivity index is 1.53. The van der Waals surface area contributed by atoms with Gasteiger partial charge in [-0.2, -0.15) is 4.31 Å². The second-order valence-electron chi connectivity index (χ2n) is 7.78. The van der Waals surface area contributed by atoms with Crippen LogP contribution in [0.4, 0.5) is 0 Å². The van der Waals surface area contributed by atoms with Crippen LogP contribution in [0, 0.1) is 13.8 Å². The highest BCUT2D eigenvalue weighted by Crippen LogP contribution is 2.29. The molecule has 9 heteroatoms. The number of hydrogen-bond acceptors (Lipinski definition) is 5. The van der Waals surface area contributed by atoms with Crippen molar-refractivity contribution >= 4 is 44.2 Å². The summed E-state index contributed by atoms with van der Waals surface area (Å²) in [6.45, 7) is 6.25. The summed E-state index contributed by atoms with van der Waals surface area (Å²) in [5.74, 6) is 0. The number of fused-ring (bicyclic) bond motifs is 1. The molecule has 2 aromatic carbocycles. The van der Waals surface area contributed by atoms with Crippen LogP contribution in [0.3, 0.4) is 0 Å². The minimum atomic E-state index is -3.74. The van der Waals surface area contributed by atoms with Gasteiger partial charge in [0.1, 0.15) is 10.5 Å². The highest BCUT2D eigenvalue weighted by Gasteiger charge is 2.30. The van der Waals surface area contributed by atoms with Crippen molar-refractivity contribution in [2.45, 2.75) is 25.3 Å². The molecule has 6 nitrogen and oxygen atoms in total. The van der Waals surface area contributed by atoms with E-state index in [2.05, 4.69) is 4.90 Å². The molecule has 0 N–H and O–H groups in total. The zero-order chi connectivity index (χ0) is 22.3. The van der Waals surface area contributed by atoms with Gasteiger partial charge in [0.15, 0.2) is 0 Å². The Hall–Kier alpha value is -1.90. The van der Waals surface area contributed by atoms with Gasteiger partial charge in [0.05, 0.1) is 5.02 Å². The quantitative estimate of drug-likeness (QED) is 0.522. The highest BCUT2D eigenvalue weighted by atomic mass is 35.5. The number of rotatable bonds is 4. The number of sulfonamides is 1. The van der Waals surface area contributed by atoms with E-state index in [1.165, 1.54) is 22.5 Å². The van der Waals surface area contributed by atoms with Crippen molar-refractivity contribution in [1.82, 2.24) is 9.21 Å². The van der Waals surface area contributed by atoms with E-state index >= 15 is 0 Å². The molecule has 0 spiro atoms. The molecule has 1 aromatic heterocycles. The highest BCUT2D eigenvalue weighted by molar-refractivity contribution is 7.89. The van der Waals surface area contributed by atoms with E-state index in [1.807, 2.05) is 26.0 Å². The number of piperazine rings is 1. The first-order chi connectivity index (χ1) is 14.6. The summed E-state index contributed by atoms with van der Waals surface area (Å²) in [7, 11) is -3.74. The second-order valence-corrected chi connectivity index (χ2v) is 10.5. The van der Waals surface area contributed by atoms with Crippen LogP contribution < -0.4 is 5.63 Å². The molecule has 0 unspecified atom stereocenters. The van der Waals surface area contributed by atoms with E-state index < -0.39 is 10.0 Å². The first kappa shape index (κ1) is 22.3. The fourth-order valence-electron chi connectivity index (χ4n) is 3.80. The summed E-state index contributed by atoms with van der Waals surface area (Å²) in [5.41, 5.74) is 3.25. The van der Waals surface area contributed by atoms with Crippen LogP contribution in [0.1, 0.15) is 16.7 Å². The molecule has 1 fully saturated rings. The average molecular weight is 481 g/mol. The lowest BCUT2D eigenvalue weighted by molar-refractivity contribution is 0.182. The van der Waals surface area contributed by atoms with E-state index in [0.717, 1.165) is 22.1 Å². The minimum Gasteiger partial charge on any atom is -0.423 e. The normalized spacial score (nSPS) is 16.1. The molecule has 1 aliphatic rings. The predicted octanol–water partition coefficient (Wildman–Crippen LogP) is 4.22. The molecular weight excluding hydrogens is 459 g/mol. The van der Waals surface area contributed by atoms with Crippen molar-refractivity contribution in [3.63, 3.8) is 0 Å². The van der Waals surface area contributed by atoms with Gasteiger partial charge in [-0.25, -0.2) is 13.2 Å². The molecule has 0 saturated carbocycles. The van der Waals surface area contributed by atoms with Crippen LogP contribution in [0.25, 0.3) is 11.0 Å². The second kappa shape index (κ2) is 8.56. The van der Waals surface area contributed by atoms with Crippen molar-refractivity contribution in [3.05, 3.63) is 73.6 Å². The zero-order valence-electron chi connectivity index (χ0n) is 17.2. The van der Waals surface area contributed by atoms with Gasteiger partial charge in [-0.15, -0.1) is 0 Å². The number of hydrogen-bond donors (Lipinski definition) is 0. The average Bonchev–Trinajstić information content (AvgIpc) is 2.71. The molecule has 3 aromatic rings. The van der Waals surface area contributed by atoms with Crippen LogP contribution in [0.15, 0.2) is 50.5 Å². The van der Waals surface area contributed by atoms with E-state index in [9.17, 15) is 13.2 Å². The third-order valence-electron chi connectivity index (χ3n) is 5.68. The molecule has 0 atom stereocenters. The Kier molecular flexibility index (Phi) is 6.16. The zero-order valence-corrected chi connectivity index (χ0v) is 19.5. The molecule has 31 heavy (non-hydrogen) atoms. The maximum absolute atomic E-state index is 13.0. The molecule has 0 bridgehead atoms. The summed E-state index contributed by atoms with van der Waals surface area (Å²) in [6, 6.07) is 9.87. The molecule has 4 rings (SSSR count). The van der Waals surface area contributed by atoms with Crippen molar-refractivity contribution in [2.24, 2.45) is 0 Å². The lowest BCUT2D eigenvalue weighted by Crippen LogP contribution is -2.48.